The fraction of sp³-hybridized carbons (Fsp3) is 0.824. The van der Waals surface area contributed by atoms with Crippen molar-refractivity contribution in [3.05, 3.63) is 0 Å². The standard InChI is InChI=1S/C17H34N6O/c1-3-5-7-9-10-12-14-19-16-20-15(21-17(22-16)23-24)18-13-11-8-6-4-2/h24H,3-14H2,1-2H3,(H3,18,19,20,21,22,23). The van der Waals surface area contributed by atoms with Gasteiger partial charge in [-0.2, -0.15) is 15.0 Å². The average Bonchev–Trinajstić information content (AvgIpc) is 2.60. The maximum absolute atomic E-state index is 9.06. The molecule has 0 amide bonds. The second-order valence-corrected chi connectivity index (χ2v) is 6.10. The summed E-state index contributed by atoms with van der Waals surface area (Å²) in [5.41, 5.74) is 2.00. The summed E-state index contributed by atoms with van der Waals surface area (Å²) >= 11 is 0. The Morgan fingerprint density at radius 1 is 0.625 bits per heavy atom. The first-order valence-electron chi connectivity index (χ1n) is 9.44. The van der Waals surface area contributed by atoms with Crippen LogP contribution in [0.25, 0.3) is 0 Å². The van der Waals surface area contributed by atoms with Gasteiger partial charge in [0.1, 0.15) is 0 Å². The SMILES string of the molecule is CCCCCCCCNc1nc(NO)nc(NCCCCCC)n1. The Bertz CT molecular complexity index is 430. The van der Waals surface area contributed by atoms with Crippen molar-refractivity contribution < 1.29 is 5.21 Å². The third-order valence-corrected chi connectivity index (χ3v) is 3.86. The summed E-state index contributed by atoms with van der Waals surface area (Å²) < 4.78 is 0. The van der Waals surface area contributed by atoms with Gasteiger partial charge >= 0.3 is 0 Å². The Kier molecular flexibility index (Phi) is 11.7. The number of unbranched alkanes of at least 4 members (excludes halogenated alkanes) is 8. The van der Waals surface area contributed by atoms with Crippen molar-refractivity contribution in [3.63, 3.8) is 0 Å². The molecule has 1 heterocycles. The molecule has 24 heavy (non-hydrogen) atoms. The van der Waals surface area contributed by atoms with Gasteiger partial charge in [0.25, 0.3) is 5.95 Å². The molecule has 0 spiro atoms. The summed E-state index contributed by atoms with van der Waals surface area (Å²) in [5, 5.41) is 15.5. The molecule has 1 aromatic rings. The van der Waals surface area contributed by atoms with Gasteiger partial charge in [0.15, 0.2) is 0 Å². The van der Waals surface area contributed by atoms with E-state index in [1.165, 1.54) is 51.4 Å². The molecule has 0 aliphatic carbocycles. The molecule has 0 unspecified atom stereocenters. The molecular weight excluding hydrogens is 304 g/mol. The van der Waals surface area contributed by atoms with Gasteiger partial charge in [-0.15, -0.1) is 0 Å². The van der Waals surface area contributed by atoms with Crippen LogP contribution in [0.2, 0.25) is 0 Å². The second kappa shape index (κ2) is 13.8. The summed E-state index contributed by atoms with van der Waals surface area (Å²) in [7, 11) is 0. The van der Waals surface area contributed by atoms with E-state index in [0.717, 1.165) is 25.9 Å². The van der Waals surface area contributed by atoms with E-state index in [2.05, 4.69) is 39.4 Å². The van der Waals surface area contributed by atoms with E-state index in [1.54, 1.807) is 0 Å². The minimum absolute atomic E-state index is 0.159. The molecule has 0 fully saturated rings. The lowest BCUT2D eigenvalue weighted by atomic mass is 10.1. The van der Waals surface area contributed by atoms with Crippen LogP contribution in [0.15, 0.2) is 0 Å². The van der Waals surface area contributed by atoms with Crippen LogP contribution in [-0.4, -0.2) is 33.2 Å². The lowest BCUT2D eigenvalue weighted by Gasteiger charge is -2.09. The third kappa shape index (κ3) is 9.50. The monoisotopic (exact) mass is 338 g/mol. The first-order valence-corrected chi connectivity index (χ1v) is 9.44. The van der Waals surface area contributed by atoms with Crippen molar-refractivity contribution >= 4 is 17.8 Å². The fourth-order valence-electron chi connectivity index (χ4n) is 2.44. The third-order valence-electron chi connectivity index (χ3n) is 3.86. The van der Waals surface area contributed by atoms with Crippen LogP contribution < -0.4 is 16.1 Å². The van der Waals surface area contributed by atoms with Gasteiger partial charge < -0.3 is 10.6 Å². The molecule has 138 valence electrons. The van der Waals surface area contributed by atoms with E-state index >= 15 is 0 Å². The Hall–Kier alpha value is -1.63. The molecule has 7 heteroatoms. The van der Waals surface area contributed by atoms with Gasteiger partial charge in [-0.1, -0.05) is 65.2 Å². The first kappa shape index (κ1) is 20.4. The fourth-order valence-corrected chi connectivity index (χ4v) is 2.44. The van der Waals surface area contributed by atoms with Crippen molar-refractivity contribution in [1.29, 1.82) is 0 Å². The van der Waals surface area contributed by atoms with E-state index in [4.69, 9.17) is 5.21 Å². The summed E-state index contributed by atoms with van der Waals surface area (Å²) in [6.07, 6.45) is 12.2. The van der Waals surface area contributed by atoms with Crippen molar-refractivity contribution in [2.24, 2.45) is 0 Å². The molecule has 0 bridgehead atoms. The Labute approximate surface area is 146 Å². The number of nitrogens with zero attached hydrogens (tertiary/aromatic N) is 3. The summed E-state index contributed by atoms with van der Waals surface area (Å²) in [5.74, 6) is 1.14. The quantitative estimate of drug-likeness (QED) is 0.277. The maximum Gasteiger partial charge on any atom is 0.253 e. The first-order chi connectivity index (χ1) is 11.8. The van der Waals surface area contributed by atoms with E-state index in [0.29, 0.717) is 11.9 Å². The predicted octanol–water partition coefficient (Wildman–Crippen LogP) is 4.44. The minimum atomic E-state index is 0.159. The minimum Gasteiger partial charge on any atom is -0.354 e. The van der Waals surface area contributed by atoms with Crippen LogP contribution >= 0.6 is 0 Å². The zero-order valence-corrected chi connectivity index (χ0v) is 15.3. The molecule has 4 N–H and O–H groups in total. The van der Waals surface area contributed by atoms with Crippen molar-refractivity contribution in [2.45, 2.75) is 78.1 Å². The summed E-state index contributed by atoms with van der Waals surface area (Å²) in [6.45, 7) is 6.08. The van der Waals surface area contributed by atoms with Crippen molar-refractivity contribution in [1.82, 2.24) is 15.0 Å². The highest BCUT2D eigenvalue weighted by Crippen LogP contribution is 2.10. The number of anilines is 3. The highest BCUT2D eigenvalue weighted by molar-refractivity contribution is 5.40. The largest absolute Gasteiger partial charge is 0.354 e. The normalized spacial score (nSPS) is 10.6. The van der Waals surface area contributed by atoms with Gasteiger partial charge in [-0.05, 0) is 12.8 Å². The van der Waals surface area contributed by atoms with E-state index in [1.807, 2.05) is 5.48 Å². The molecule has 0 radical (unpaired) electrons. The van der Waals surface area contributed by atoms with E-state index in [9.17, 15) is 0 Å². The number of rotatable bonds is 15. The molecule has 1 rings (SSSR count). The van der Waals surface area contributed by atoms with Gasteiger partial charge in [0, 0.05) is 13.1 Å². The average molecular weight is 339 g/mol. The summed E-state index contributed by atoms with van der Waals surface area (Å²) in [6, 6.07) is 0. The van der Waals surface area contributed by atoms with Crippen molar-refractivity contribution in [3.8, 4) is 0 Å². The number of hydrogen-bond donors (Lipinski definition) is 4. The van der Waals surface area contributed by atoms with Gasteiger partial charge in [-0.3, -0.25) is 5.21 Å². The molecular formula is C17H34N6O. The van der Waals surface area contributed by atoms with Crippen LogP contribution in [0.3, 0.4) is 0 Å². The molecule has 0 saturated heterocycles. The lowest BCUT2D eigenvalue weighted by molar-refractivity contribution is 0.382. The zero-order chi connectivity index (χ0) is 17.5. The Morgan fingerprint density at radius 3 is 1.54 bits per heavy atom. The molecule has 7 nitrogen and oxygen atoms in total. The molecule has 0 aromatic carbocycles. The van der Waals surface area contributed by atoms with Gasteiger partial charge in [-0.25, -0.2) is 5.48 Å². The molecule has 0 atom stereocenters. The Balaban J connectivity index is 2.33. The Morgan fingerprint density at radius 2 is 1.04 bits per heavy atom. The van der Waals surface area contributed by atoms with Gasteiger partial charge in [0.2, 0.25) is 11.9 Å². The van der Waals surface area contributed by atoms with Crippen LogP contribution in [0, 0.1) is 0 Å². The zero-order valence-electron chi connectivity index (χ0n) is 15.3. The molecule has 0 aliphatic rings. The van der Waals surface area contributed by atoms with Crippen LogP contribution in [0.5, 0.6) is 0 Å². The molecule has 1 aromatic heterocycles. The van der Waals surface area contributed by atoms with Crippen LogP contribution in [0.4, 0.5) is 17.8 Å². The topological polar surface area (TPSA) is 95.0 Å². The second-order valence-electron chi connectivity index (χ2n) is 6.10. The summed E-state index contributed by atoms with van der Waals surface area (Å²) in [4.78, 5) is 12.6. The number of hydrogen-bond acceptors (Lipinski definition) is 7. The number of aromatic nitrogens is 3. The van der Waals surface area contributed by atoms with Gasteiger partial charge in [0.05, 0.1) is 0 Å². The van der Waals surface area contributed by atoms with Crippen LogP contribution in [0.1, 0.15) is 78.1 Å². The molecule has 0 aliphatic heterocycles. The highest BCUT2D eigenvalue weighted by Gasteiger charge is 2.05. The smallest absolute Gasteiger partial charge is 0.253 e. The maximum atomic E-state index is 9.06. The van der Waals surface area contributed by atoms with E-state index in [-0.39, 0.29) is 5.95 Å². The number of nitrogens with one attached hydrogen (secondary N) is 3. The van der Waals surface area contributed by atoms with Crippen LogP contribution in [-0.2, 0) is 0 Å². The lowest BCUT2D eigenvalue weighted by Crippen LogP contribution is -2.12. The molecule has 0 saturated carbocycles. The van der Waals surface area contributed by atoms with E-state index < -0.39 is 0 Å². The predicted molar refractivity (Wildman–Crippen MR) is 99.7 cm³/mol. The van der Waals surface area contributed by atoms with Crippen molar-refractivity contribution in [2.75, 3.05) is 29.2 Å². The highest BCUT2D eigenvalue weighted by atomic mass is 16.5.